The minimum Gasteiger partial charge on any atom is -0.0958 e. The third-order valence-electron chi connectivity index (χ3n) is 2.28. The third-order valence-corrected chi connectivity index (χ3v) is 3.37. The van der Waals surface area contributed by atoms with Crippen LogP contribution < -0.4 is 0 Å². The van der Waals surface area contributed by atoms with Crippen LogP contribution >= 0.6 is 11.8 Å². The van der Waals surface area contributed by atoms with Crippen molar-refractivity contribution in [2.75, 3.05) is 0 Å². The second kappa shape index (κ2) is 4.52. The molecule has 72 valence electrons. The van der Waals surface area contributed by atoms with E-state index in [2.05, 4.69) is 43.0 Å². The maximum Gasteiger partial charge on any atom is 0.0119 e. The van der Waals surface area contributed by atoms with Crippen molar-refractivity contribution in [3.8, 4) is 0 Å². The van der Waals surface area contributed by atoms with Crippen molar-refractivity contribution < 1.29 is 0 Å². The molecular weight excluding hydrogens is 188 g/mol. The van der Waals surface area contributed by atoms with Crippen molar-refractivity contribution in [1.29, 1.82) is 0 Å². The van der Waals surface area contributed by atoms with Gasteiger partial charge in [-0.25, -0.2) is 0 Å². The molecule has 0 aromatic heterocycles. The van der Waals surface area contributed by atoms with Gasteiger partial charge in [0.15, 0.2) is 0 Å². The Morgan fingerprint density at radius 2 is 1.86 bits per heavy atom. The highest BCUT2D eigenvalue weighted by molar-refractivity contribution is 8.03. The summed E-state index contributed by atoms with van der Waals surface area (Å²) in [6, 6.07) is 10.5. The Bertz CT molecular complexity index is 349. The lowest BCUT2D eigenvalue weighted by Crippen LogP contribution is -1.90. The first-order chi connectivity index (χ1) is 6.84. The van der Waals surface area contributed by atoms with Crippen LogP contribution in [0.15, 0.2) is 58.4 Å². The molecule has 1 aliphatic carbocycles. The van der Waals surface area contributed by atoms with Gasteiger partial charge >= 0.3 is 0 Å². The number of thioether (sulfide) groups is 1. The lowest BCUT2D eigenvalue weighted by atomic mass is 10.0. The molecule has 1 aromatic carbocycles. The molecule has 0 unspecified atom stereocenters. The fourth-order valence-corrected chi connectivity index (χ4v) is 2.65. The topological polar surface area (TPSA) is 0 Å². The van der Waals surface area contributed by atoms with Gasteiger partial charge in [-0.1, -0.05) is 42.1 Å². The van der Waals surface area contributed by atoms with Crippen molar-refractivity contribution >= 4 is 11.8 Å². The lowest BCUT2D eigenvalue weighted by molar-refractivity contribution is 0.815. The van der Waals surface area contributed by atoms with Crippen LogP contribution in [0.4, 0.5) is 0 Å². The van der Waals surface area contributed by atoms with Crippen LogP contribution in [0.25, 0.3) is 0 Å². The van der Waals surface area contributed by atoms with Crippen molar-refractivity contribution in [2.45, 2.75) is 24.2 Å². The Balaban J connectivity index is 2.08. The monoisotopic (exact) mass is 202 g/mol. The average Bonchev–Trinajstić information content (AvgIpc) is 2.19. The summed E-state index contributed by atoms with van der Waals surface area (Å²) in [6.07, 6.45) is 5.86. The van der Waals surface area contributed by atoms with Crippen LogP contribution in [0, 0.1) is 0 Å². The number of allylic oxidation sites excluding steroid dienone is 3. The van der Waals surface area contributed by atoms with Crippen LogP contribution in [0.1, 0.15) is 19.3 Å². The molecule has 1 heteroatoms. The summed E-state index contributed by atoms with van der Waals surface area (Å²) in [5, 5.41) is 0. The molecule has 1 aromatic rings. The second-order valence-corrected chi connectivity index (χ2v) is 4.74. The zero-order valence-electron chi connectivity index (χ0n) is 8.20. The normalized spacial score (nSPS) is 16.6. The van der Waals surface area contributed by atoms with Gasteiger partial charge < -0.3 is 0 Å². The molecule has 2 rings (SSSR count). The Morgan fingerprint density at radius 1 is 1.07 bits per heavy atom. The number of benzene rings is 1. The molecule has 0 atom stereocenters. The Labute approximate surface area is 89.7 Å². The van der Waals surface area contributed by atoms with E-state index in [4.69, 9.17) is 0 Å². The Hall–Kier alpha value is -0.950. The SMILES string of the molecule is C=C1C=C(Sc2ccccc2)CCC1. The number of hydrogen-bond donors (Lipinski definition) is 0. The Morgan fingerprint density at radius 3 is 2.57 bits per heavy atom. The smallest absolute Gasteiger partial charge is 0.0119 e. The summed E-state index contributed by atoms with van der Waals surface area (Å²) in [7, 11) is 0. The second-order valence-electron chi connectivity index (χ2n) is 3.54. The number of rotatable bonds is 2. The molecule has 0 radical (unpaired) electrons. The first-order valence-corrected chi connectivity index (χ1v) is 5.77. The minimum absolute atomic E-state index is 1.17. The van der Waals surface area contributed by atoms with Crippen LogP contribution in [0.3, 0.4) is 0 Å². The van der Waals surface area contributed by atoms with Gasteiger partial charge in [-0.2, -0.15) is 0 Å². The molecule has 0 N–H and O–H groups in total. The van der Waals surface area contributed by atoms with E-state index in [0.717, 1.165) is 0 Å². The van der Waals surface area contributed by atoms with Gasteiger partial charge in [-0.3, -0.25) is 0 Å². The summed E-state index contributed by atoms with van der Waals surface area (Å²) in [5.74, 6) is 0. The molecular formula is C13H14S. The van der Waals surface area contributed by atoms with E-state index in [1.165, 1.54) is 34.6 Å². The molecule has 0 fully saturated rings. The zero-order valence-corrected chi connectivity index (χ0v) is 9.02. The summed E-state index contributed by atoms with van der Waals surface area (Å²) >= 11 is 1.87. The molecule has 1 aliphatic rings. The molecule has 0 spiro atoms. The first-order valence-electron chi connectivity index (χ1n) is 4.96. The summed E-state index contributed by atoms with van der Waals surface area (Å²) < 4.78 is 0. The van der Waals surface area contributed by atoms with Crippen LogP contribution in [-0.2, 0) is 0 Å². The van der Waals surface area contributed by atoms with Crippen molar-refractivity contribution in [1.82, 2.24) is 0 Å². The van der Waals surface area contributed by atoms with E-state index in [0.29, 0.717) is 0 Å². The molecule has 0 saturated carbocycles. The van der Waals surface area contributed by atoms with Gasteiger partial charge in [-0.05, 0) is 42.4 Å². The predicted octanol–water partition coefficient (Wildman–Crippen LogP) is 4.40. The maximum absolute atomic E-state index is 4.02. The Kier molecular flexibility index (Phi) is 3.10. The predicted molar refractivity (Wildman–Crippen MR) is 63.4 cm³/mol. The van der Waals surface area contributed by atoms with Crippen molar-refractivity contribution in [2.24, 2.45) is 0 Å². The molecule has 0 nitrogen and oxygen atoms in total. The maximum atomic E-state index is 4.02. The van der Waals surface area contributed by atoms with E-state index < -0.39 is 0 Å². The van der Waals surface area contributed by atoms with Gasteiger partial charge in [0, 0.05) is 4.90 Å². The molecule has 0 aliphatic heterocycles. The van der Waals surface area contributed by atoms with E-state index in [1.54, 1.807) is 0 Å². The van der Waals surface area contributed by atoms with Crippen LogP contribution in [0.2, 0.25) is 0 Å². The average molecular weight is 202 g/mol. The molecule has 0 amide bonds. The molecule has 14 heavy (non-hydrogen) atoms. The summed E-state index contributed by atoms with van der Waals surface area (Å²) in [6.45, 7) is 4.02. The molecule has 0 bridgehead atoms. The quantitative estimate of drug-likeness (QED) is 0.685. The van der Waals surface area contributed by atoms with Gasteiger partial charge in [-0.15, -0.1) is 0 Å². The fourth-order valence-electron chi connectivity index (χ4n) is 1.58. The highest BCUT2D eigenvalue weighted by Crippen LogP contribution is 2.34. The van der Waals surface area contributed by atoms with Crippen molar-refractivity contribution in [3.63, 3.8) is 0 Å². The lowest BCUT2D eigenvalue weighted by Gasteiger charge is -2.13. The highest BCUT2D eigenvalue weighted by atomic mass is 32.2. The third kappa shape index (κ3) is 2.52. The summed E-state index contributed by atoms with van der Waals surface area (Å²) in [4.78, 5) is 2.78. The fraction of sp³-hybridized carbons (Fsp3) is 0.231. The van der Waals surface area contributed by atoms with Crippen LogP contribution in [-0.4, -0.2) is 0 Å². The van der Waals surface area contributed by atoms with Crippen LogP contribution in [0.5, 0.6) is 0 Å². The van der Waals surface area contributed by atoms with E-state index in [-0.39, 0.29) is 0 Å². The van der Waals surface area contributed by atoms with Gasteiger partial charge in [0.1, 0.15) is 0 Å². The number of hydrogen-bond acceptors (Lipinski definition) is 1. The first kappa shape index (κ1) is 9.60. The van der Waals surface area contributed by atoms with Gasteiger partial charge in [0.2, 0.25) is 0 Å². The molecule has 0 saturated heterocycles. The highest BCUT2D eigenvalue weighted by Gasteiger charge is 2.06. The minimum atomic E-state index is 1.17. The van der Waals surface area contributed by atoms with E-state index in [1.807, 2.05) is 11.8 Å². The van der Waals surface area contributed by atoms with E-state index >= 15 is 0 Å². The van der Waals surface area contributed by atoms with Gasteiger partial charge in [0.05, 0.1) is 0 Å². The van der Waals surface area contributed by atoms with Gasteiger partial charge in [0.25, 0.3) is 0 Å². The largest absolute Gasteiger partial charge is 0.0958 e. The van der Waals surface area contributed by atoms with Crippen molar-refractivity contribution in [3.05, 3.63) is 53.5 Å². The van der Waals surface area contributed by atoms with E-state index in [9.17, 15) is 0 Å². The standard InChI is InChI=1S/C13H14S/c1-11-6-5-9-13(10-11)14-12-7-3-2-4-8-12/h2-4,7-8,10H,1,5-6,9H2. The summed E-state index contributed by atoms with van der Waals surface area (Å²) in [5.41, 5.74) is 1.27. The zero-order chi connectivity index (χ0) is 9.80. The molecule has 0 heterocycles.